The highest BCUT2D eigenvalue weighted by Gasteiger charge is 2.34. The molecule has 1 atom stereocenters. The number of nitrogens with zero attached hydrogens (tertiary/aromatic N) is 6. The smallest absolute Gasteiger partial charge is 0.424 e. The largest absolute Gasteiger partial charge is 0.442 e. The molecule has 15 heteroatoms. The van der Waals surface area contributed by atoms with Crippen molar-refractivity contribution in [3.63, 3.8) is 0 Å². The first-order valence-corrected chi connectivity index (χ1v) is 10.7. The summed E-state index contributed by atoms with van der Waals surface area (Å²) < 4.78 is 65.3. The Morgan fingerprint density at radius 1 is 1.34 bits per heavy atom. The zero-order valence-corrected chi connectivity index (χ0v) is 19.0. The first-order chi connectivity index (χ1) is 16.7. The molecule has 0 bridgehead atoms. The molecule has 1 aliphatic heterocycles. The number of nitrogens with one attached hydrogen (secondary N) is 1. The number of hydrogen-bond acceptors (Lipinski definition) is 8. The topological polar surface area (TPSA) is 105 Å². The van der Waals surface area contributed by atoms with Gasteiger partial charge in [0.05, 0.1) is 25.0 Å². The fourth-order valence-electron chi connectivity index (χ4n) is 3.45. The Morgan fingerprint density at radius 3 is 2.66 bits per heavy atom. The Labute approximate surface area is 198 Å². The van der Waals surface area contributed by atoms with E-state index in [1.807, 2.05) is 0 Å². The molecule has 11 nitrogen and oxygen atoms in total. The summed E-state index contributed by atoms with van der Waals surface area (Å²) in [6.07, 6.45) is -2.04. The highest BCUT2D eigenvalue weighted by Crippen LogP contribution is 2.31. The Balaban J connectivity index is 1.61. The van der Waals surface area contributed by atoms with Crippen LogP contribution in [0.5, 0.6) is 0 Å². The van der Waals surface area contributed by atoms with Gasteiger partial charge in [0.2, 0.25) is 0 Å². The van der Waals surface area contributed by atoms with E-state index in [2.05, 4.69) is 20.5 Å². The molecular weight excluding hydrogens is 478 g/mol. The van der Waals surface area contributed by atoms with Gasteiger partial charge in [-0.05, 0) is 6.92 Å². The van der Waals surface area contributed by atoms with E-state index >= 15 is 0 Å². The van der Waals surface area contributed by atoms with Crippen LogP contribution < -0.4 is 15.2 Å². The van der Waals surface area contributed by atoms with Crippen molar-refractivity contribution in [1.29, 1.82) is 0 Å². The lowest BCUT2D eigenvalue weighted by Gasteiger charge is -2.26. The normalized spacial score (nSPS) is 15.5. The fraction of sp³-hybridized carbons (Fsp3) is 0.500. The number of aromatic nitrogens is 3. The van der Waals surface area contributed by atoms with Gasteiger partial charge >= 0.3 is 12.2 Å². The SMILES string of the molecule is CCN(CCNN(C)C(=O)OCC(F)F)c1c(F)cc(N2C[C@H](Cn3ccnn3)OC2=O)cc1F. The van der Waals surface area contributed by atoms with Crippen molar-refractivity contribution in [2.24, 2.45) is 0 Å². The van der Waals surface area contributed by atoms with E-state index in [0.717, 1.165) is 22.0 Å². The second kappa shape index (κ2) is 11.7. The van der Waals surface area contributed by atoms with E-state index in [-0.39, 0.29) is 44.1 Å². The maximum absolute atomic E-state index is 15.0. The third kappa shape index (κ3) is 6.71. The van der Waals surface area contributed by atoms with Crippen LogP contribution in [0.15, 0.2) is 24.5 Å². The number of alkyl halides is 2. The predicted octanol–water partition coefficient (Wildman–Crippen LogP) is 2.25. The van der Waals surface area contributed by atoms with E-state index in [9.17, 15) is 27.2 Å². The minimum atomic E-state index is -2.79. The molecule has 3 rings (SSSR count). The molecule has 2 aromatic rings. The van der Waals surface area contributed by atoms with Crippen molar-refractivity contribution < 1.29 is 36.6 Å². The average Bonchev–Trinajstić information content (AvgIpc) is 3.45. The van der Waals surface area contributed by atoms with Crippen LogP contribution in [0, 0.1) is 11.6 Å². The minimum Gasteiger partial charge on any atom is -0.442 e. The van der Waals surface area contributed by atoms with Crippen molar-refractivity contribution in [2.75, 3.05) is 49.6 Å². The number of carbonyl (C=O) groups is 2. The van der Waals surface area contributed by atoms with Crippen LogP contribution in [0.3, 0.4) is 0 Å². The van der Waals surface area contributed by atoms with Gasteiger partial charge in [0.25, 0.3) is 6.43 Å². The fourth-order valence-corrected chi connectivity index (χ4v) is 3.45. The average molecular weight is 503 g/mol. The van der Waals surface area contributed by atoms with Crippen molar-refractivity contribution in [1.82, 2.24) is 25.4 Å². The molecule has 0 saturated carbocycles. The van der Waals surface area contributed by atoms with Gasteiger partial charge in [-0.15, -0.1) is 5.10 Å². The summed E-state index contributed by atoms with van der Waals surface area (Å²) in [6.45, 7) is 1.30. The van der Waals surface area contributed by atoms with Crippen LogP contribution in [0.25, 0.3) is 0 Å². The number of amides is 2. The second-order valence-corrected chi connectivity index (χ2v) is 7.51. The zero-order chi connectivity index (χ0) is 25.5. The van der Waals surface area contributed by atoms with Gasteiger partial charge in [-0.2, -0.15) is 0 Å². The molecular formula is C20H25F4N7O4. The number of anilines is 2. The molecule has 0 unspecified atom stereocenters. The molecule has 1 N–H and O–H groups in total. The van der Waals surface area contributed by atoms with Gasteiger partial charge in [-0.3, -0.25) is 4.90 Å². The molecule has 35 heavy (non-hydrogen) atoms. The molecule has 1 aromatic carbocycles. The van der Waals surface area contributed by atoms with E-state index in [4.69, 9.17) is 4.74 Å². The zero-order valence-electron chi connectivity index (χ0n) is 19.0. The van der Waals surface area contributed by atoms with E-state index in [1.165, 1.54) is 22.8 Å². The molecule has 1 fully saturated rings. The Hall–Kier alpha value is -3.62. The molecule has 0 spiro atoms. The third-order valence-electron chi connectivity index (χ3n) is 5.09. The van der Waals surface area contributed by atoms with Gasteiger partial charge in [0.15, 0.2) is 18.2 Å². The minimum absolute atomic E-state index is 0.00512. The predicted molar refractivity (Wildman–Crippen MR) is 115 cm³/mol. The molecule has 0 radical (unpaired) electrons. The first-order valence-electron chi connectivity index (χ1n) is 10.7. The monoisotopic (exact) mass is 503 g/mol. The number of carbonyl (C=O) groups excluding carboxylic acids is 2. The van der Waals surface area contributed by atoms with Gasteiger partial charge in [-0.1, -0.05) is 5.21 Å². The molecule has 192 valence electrons. The van der Waals surface area contributed by atoms with Crippen molar-refractivity contribution in [3.05, 3.63) is 36.2 Å². The quantitative estimate of drug-likeness (QED) is 0.368. The number of halogens is 4. The Bertz CT molecular complexity index is 988. The van der Waals surface area contributed by atoms with Crippen LogP contribution >= 0.6 is 0 Å². The summed E-state index contributed by atoms with van der Waals surface area (Å²) >= 11 is 0. The lowest BCUT2D eigenvalue weighted by Crippen LogP contribution is -2.44. The number of hydrogen-bond donors (Lipinski definition) is 1. The molecule has 2 amide bonds. The van der Waals surface area contributed by atoms with Gasteiger partial charge in [-0.25, -0.2) is 42.3 Å². The lowest BCUT2D eigenvalue weighted by molar-refractivity contribution is 0.0287. The van der Waals surface area contributed by atoms with E-state index < -0.39 is 43.0 Å². The lowest BCUT2D eigenvalue weighted by atomic mass is 10.2. The number of likely N-dealkylation sites (N-methyl/N-ethyl adjacent to an activating group) is 1. The van der Waals surface area contributed by atoms with E-state index in [1.54, 1.807) is 13.1 Å². The maximum atomic E-state index is 15.0. The molecule has 1 aliphatic rings. The highest BCUT2D eigenvalue weighted by molar-refractivity contribution is 5.90. The Kier molecular flexibility index (Phi) is 8.68. The van der Waals surface area contributed by atoms with Crippen molar-refractivity contribution in [2.45, 2.75) is 26.0 Å². The van der Waals surface area contributed by atoms with Gasteiger partial charge in [0, 0.05) is 45.0 Å². The van der Waals surface area contributed by atoms with Crippen LogP contribution in [0.4, 0.5) is 38.5 Å². The van der Waals surface area contributed by atoms with Crippen LogP contribution in [0.1, 0.15) is 6.92 Å². The maximum Gasteiger partial charge on any atom is 0.424 e. The summed E-state index contributed by atoms with van der Waals surface area (Å²) in [5, 5.41) is 8.33. The van der Waals surface area contributed by atoms with E-state index in [0.29, 0.717) is 0 Å². The first kappa shape index (κ1) is 26.0. The van der Waals surface area contributed by atoms with Crippen LogP contribution in [-0.2, 0) is 16.0 Å². The summed E-state index contributed by atoms with van der Waals surface area (Å²) in [6, 6.07) is 2.09. The summed E-state index contributed by atoms with van der Waals surface area (Å²) in [5.41, 5.74) is 2.30. The molecule has 1 aromatic heterocycles. The van der Waals surface area contributed by atoms with Crippen LogP contribution in [-0.4, -0.2) is 84.6 Å². The third-order valence-corrected chi connectivity index (χ3v) is 5.09. The van der Waals surface area contributed by atoms with Crippen molar-refractivity contribution >= 4 is 23.6 Å². The van der Waals surface area contributed by atoms with Gasteiger partial charge < -0.3 is 14.4 Å². The second-order valence-electron chi connectivity index (χ2n) is 7.51. The van der Waals surface area contributed by atoms with Gasteiger partial charge in [0.1, 0.15) is 11.8 Å². The summed E-state index contributed by atoms with van der Waals surface area (Å²) in [5.74, 6) is -1.78. The number of cyclic esters (lactones) is 1. The number of benzene rings is 1. The number of hydrazine groups is 1. The number of ether oxygens (including phenoxy) is 2. The molecule has 2 heterocycles. The number of rotatable bonds is 11. The Morgan fingerprint density at radius 2 is 2.06 bits per heavy atom. The molecule has 1 saturated heterocycles. The standard InChI is InChI=1S/C20H25F4N7O4/c1-3-29(6-5-26-28(2)19(32)34-12-17(23)24)18-15(21)8-13(9-16(18)22)31-11-14(35-20(31)33)10-30-7-4-25-27-30/h4,7-9,14,17,26H,3,5-6,10-12H2,1-2H3/t14-/m0/s1. The van der Waals surface area contributed by atoms with Crippen LogP contribution in [0.2, 0.25) is 0 Å². The molecule has 0 aliphatic carbocycles. The summed E-state index contributed by atoms with van der Waals surface area (Å²) in [4.78, 5) is 26.4. The highest BCUT2D eigenvalue weighted by atomic mass is 19.3. The summed E-state index contributed by atoms with van der Waals surface area (Å²) in [7, 11) is 1.27. The van der Waals surface area contributed by atoms with Crippen molar-refractivity contribution in [3.8, 4) is 0 Å².